The second kappa shape index (κ2) is 5.84. The molecular weight excluding hydrogens is 407 g/mol. The molecule has 0 aromatic heterocycles. The fourth-order valence-corrected chi connectivity index (χ4v) is 2.22. The maximum absolute atomic E-state index is 11.6. The molecule has 4 heteroatoms. The third kappa shape index (κ3) is 3.32. The minimum atomic E-state index is -0.0168. The van der Waals surface area contributed by atoms with E-state index >= 15 is 0 Å². The quantitative estimate of drug-likeness (QED) is 0.517. The lowest BCUT2D eigenvalue weighted by Gasteiger charge is -2.09. The molecule has 2 aromatic rings. The number of benzene rings is 2. The average Bonchev–Trinajstić information content (AvgIpc) is 2.34. The number of hydrogen-bond acceptors (Lipinski definition) is 2. The smallest absolute Gasteiger partial charge is 0.163 e. The SMILES string of the molecule is CC(=O)c1cc(Br)ccc1Oc1ccc(I)cc1. The summed E-state index contributed by atoms with van der Waals surface area (Å²) in [5.74, 6) is 1.28. The number of rotatable bonds is 3. The van der Waals surface area contributed by atoms with E-state index in [0.29, 0.717) is 11.3 Å². The van der Waals surface area contributed by atoms with E-state index in [1.165, 1.54) is 6.92 Å². The van der Waals surface area contributed by atoms with Gasteiger partial charge in [0.1, 0.15) is 11.5 Å². The molecule has 0 aliphatic rings. The predicted octanol–water partition coefficient (Wildman–Crippen LogP) is 5.05. The molecule has 0 aliphatic carbocycles. The van der Waals surface area contributed by atoms with Crippen molar-refractivity contribution in [3.8, 4) is 11.5 Å². The van der Waals surface area contributed by atoms with Crippen LogP contribution in [0.15, 0.2) is 46.9 Å². The van der Waals surface area contributed by atoms with Crippen molar-refractivity contribution in [2.75, 3.05) is 0 Å². The summed E-state index contributed by atoms with van der Waals surface area (Å²) < 4.78 is 7.74. The molecule has 0 N–H and O–H groups in total. The molecule has 0 saturated heterocycles. The fourth-order valence-electron chi connectivity index (χ4n) is 1.50. The van der Waals surface area contributed by atoms with Crippen LogP contribution in [0.4, 0.5) is 0 Å². The summed E-state index contributed by atoms with van der Waals surface area (Å²) in [6, 6.07) is 13.1. The van der Waals surface area contributed by atoms with Gasteiger partial charge in [0, 0.05) is 8.04 Å². The van der Waals surface area contributed by atoms with Crippen LogP contribution in [0.1, 0.15) is 17.3 Å². The number of carbonyl (C=O) groups excluding carboxylic acids is 1. The average molecular weight is 417 g/mol. The van der Waals surface area contributed by atoms with Gasteiger partial charge in [0.25, 0.3) is 0 Å². The molecule has 0 spiro atoms. The van der Waals surface area contributed by atoms with Crippen molar-refractivity contribution in [3.63, 3.8) is 0 Å². The monoisotopic (exact) mass is 416 g/mol. The maximum atomic E-state index is 11.6. The highest BCUT2D eigenvalue weighted by Gasteiger charge is 2.10. The van der Waals surface area contributed by atoms with Gasteiger partial charge in [-0.25, -0.2) is 0 Å². The summed E-state index contributed by atoms with van der Waals surface area (Å²) in [4.78, 5) is 11.6. The first-order chi connectivity index (χ1) is 8.56. The second-order valence-electron chi connectivity index (χ2n) is 3.75. The largest absolute Gasteiger partial charge is 0.457 e. The van der Waals surface area contributed by atoms with Crippen LogP contribution in [0.5, 0.6) is 11.5 Å². The van der Waals surface area contributed by atoms with Gasteiger partial charge in [-0.05, 0) is 72.0 Å². The molecule has 0 bridgehead atoms. The molecule has 0 amide bonds. The van der Waals surface area contributed by atoms with Gasteiger partial charge in [0.15, 0.2) is 5.78 Å². The molecule has 2 aromatic carbocycles. The summed E-state index contributed by atoms with van der Waals surface area (Å²) in [6.07, 6.45) is 0. The van der Waals surface area contributed by atoms with E-state index in [0.717, 1.165) is 13.8 Å². The highest BCUT2D eigenvalue weighted by atomic mass is 127. The van der Waals surface area contributed by atoms with Crippen LogP contribution < -0.4 is 4.74 Å². The zero-order valence-corrected chi connectivity index (χ0v) is 13.4. The molecule has 0 saturated carbocycles. The van der Waals surface area contributed by atoms with Crippen molar-refractivity contribution in [1.82, 2.24) is 0 Å². The highest BCUT2D eigenvalue weighted by Crippen LogP contribution is 2.28. The van der Waals surface area contributed by atoms with Crippen molar-refractivity contribution in [3.05, 3.63) is 56.1 Å². The van der Waals surface area contributed by atoms with Gasteiger partial charge in [-0.3, -0.25) is 4.79 Å². The predicted molar refractivity (Wildman–Crippen MR) is 83.4 cm³/mol. The van der Waals surface area contributed by atoms with Crippen LogP contribution in [0.25, 0.3) is 0 Å². The number of halogens is 2. The first-order valence-electron chi connectivity index (χ1n) is 5.30. The Hall–Kier alpha value is -0.880. The highest BCUT2D eigenvalue weighted by molar-refractivity contribution is 14.1. The van der Waals surface area contributed by atoms with E-state index in [-0.39, 0.29) is 5.78 Å². The number of Topliss-reactive ketones (excluding diaryl/α,β-unsaturated/α-hetero) is 1. The molecule has 0 radical (unpaired) electrons. The molecule has 2 nitrogen and oxygen atoms in total. The number of hydrogen-bond donors (Lipinski definition) is 0. The molecular formula is C14H10BrIO2. The van der Waals surface area contributed by atoms with Gasteiger partial charge in [-0.2, -0.15) is 0 Å². The van der Waals surface area contributed by atoms with E-state index in [4.69, 9.17) is 4.74 Å². The first kappa shape index (κ1) is 13.5. The molecule has 92 valence electrons. The lowest BCUT2D eigenvalue weighted by molar-refractivity contribution is 0.101. The second-order valence-corrected chi connectivity index (χ2v) is 5.91. The van der Waals surface area contributed by atoms with E-state index in [1.807, 2.05) is 30.3 Å². The van der Waals surface area contributed by atoms with Crippen LogP contribution in [0, 0.1) is 3.57 Å². The zero-order chi connectivity index (χ0) is 13.1. The molecule has 0 aliphatic heterocycles. The standard InChI is InChI=1S/C14H10BrIO2/c1-9(17)13-8-10(15)2-7-14(13)18-12-5-3-11(16)4-6-12/h2-8H,1H3. The van der Waals surface area contributed by atoms with Gasteiger partial charge in [-0.15, -0.1) is 0 Å². The summed E-state index contributed by atoms with van der Waals surface area (Å²) >= 11 is 5.58. The summed E-state index contributed by atoms with van der Waals surface area (Å²) in [6.45, 7) is 1.53. The van der Waals surface area contributed by atoms with Crippen LogP contribution >= 0.6 is 38.5 Å². The summed E-state index contributed by atoms with van der Waals surface area (Å²) in [5, 5.41) is 0. The molecule has 0 heterocycles. The molecule has 0 unspecified atom stereocenters. The van der Waals surface area contributed by atoms with Crippen LogP contribution in [-0.2, 0) is 0 Å². The van der Waals surface area contributed by atoms with Crippen LogP contribution in [0.3, 0.4) is 0 Å². The van der Waals surface area contributed by atoms with Crippen LogP contribution in [0.2, 0.25) is 0 Å². The Morgan fingerprint density at radius 3 is 2.44 bits per heavy atom. The van der Waals surface area contributed by atoms with E-state index in [9.17, 15) is 4.79 Å². The lowest BCUT2D eigenvalue weighted by atomic mass is 10.1. The van der Waals surface area contributed by atoms with Gasteiger partial charge in [0.2, 0.25) is 0 Å². The van der Waals surface area contributed by atoms with Crippen molar-refractivity contribution < 1.29 is 9.53 Å². The third-order valence-electron chi connectivity index (χ3n) is 2.36. The Kier molecular flexibility index (Phi) is 4.40. The van der Waals surface area contributed by atoms with E-state index < -0.39 is 0 Å². The number of carbonyl (C=O) groups is 1. The Morgan fingerprint density at radius 1 is 1.17 bits per heavy atom. The van der Waals surface area contributed by atoms with Gasteiger partial charge in [0.05, 0.1) is 5.56 Å². The lowest BCUT2D eigenvalue weighted by Crippen LogP contribution is -1.97. The van der Waals surface area contributed by atoms with Crippen molar-refractivity contribution in [1.29, 1.82) is 0 Å². The van der Waals surface area contributed by atoms with Gasteiger partial charge in [-0.1, -0.05) is 15.9 Å². The van der Waals surface area contributed by atoms with Crippen LogP contribution in [-0.4, -0.2) is 5.78 Å². The van der Waals surface area contributed by atoms with Crippen molar-refractivity contribution >= 4 is 44.3 Å². The minimum absolute atomic E-state index is 0.0168. The van der Waals surface area contributed by atoms with Crippen molar-refractivity contribution in [2.24, 2.45) is 0 Å². The molecule has 0 fully saturated rings. The first-order valence-corrected chi connectivity index (χ1v) is 7.17. The number of ether oxygens (including phenoxy) is 1. The normalized spacial score (nSPS) is 10.2. The van der Waals surface area contributed by atoms with Crippen molar-refractivity contribution in [2.45, 2.75) is 6.92 Å². The number of ketones is 1. The Morgan fingerprint density at radius 2 is 1.83 bits per heavy atom. The Bertz CT molecular complexity index is 579. The fraction of sp³-hybridized carbons (Fsp3) is 0.0714. The maximum Gasteiger partial charge on any atom is 0.163 e. The Labute approximate surface area is 128 Å². The molecule has 0 atom stereocenters. The molecule has 2 rings (SSSR count). The van der Waals surface area contributed by atoms with E-state index in [1.54, 1.807) is 12.1 Å². The topological polar surface area (TPSA) is 26.3 Å². The summed E-state index contributed by atoms with van der Waals surface area (Å²) in [5.41, 5.74) is 0.572. The zero-order valence-electron chi connectivity index (χ0n) is 9.61. The summed E-state index contributed by atoms with van der Waals surface area (Å²) in [7, 11) is 0. The minimum Gasteiger partial charge on any atom is -0.457 e. The Balaban J connectivity index is 2.34. The molecule has 18 heavy (non-hydrogen) atoms. The van der Waals surface area contributed by atoms with Gasteiger partial charge >= 0.3 is 0 Å². The van der Waals surface area contributed by atoms with E-state index in [2.05, 4.69) is 38.5 Å². The van der Waals surface area contributed by atoms with Gasteiger partial charge < -0.3 is 4.74 Å². The third-order valence-corrected chi connectivity index (χ3v) is 3.57.